The van der Waals surface area contributed by atoms with Gasteiger partial charge in [-0.1, -0.05) is 127 Å². The maximum Gasteiger partial charge on any atom is 0.138 e. The predicted molar refractivity (Wildman–Crippen MR) is 263 cm³/mol. The molecule has 0 aliphatic carbocycles. The van der Waals surface area contributed by atoms with Gasteiger partial charge < -0.3 is 0 Å². The zero-order chi connectivity index (χ0) is 41.4. The molecular weight excluding hydrogens is 787 g/mol. The minimum Gasteiger partial charge on any atom is -0.294 e. The summed E-state index contributed by atoms with van der Waals surface area (Å²) in [6.07, 6.45) is 1.87. The van der Waals surface area contributed by atoms with Gasteiger partial charge in [0.2, 0.25) is 0 Å². The molecule has 0 radical (unpaired) electrons. The van der Waals surface area contributed by atoms with Crippen LogP contribution < -0.4 is 0 Å². The van der Waals surface area contributed by atoms with E-state index in [0.717, 1.165) is 89.4 Å². The maximum absolute atomic E-state index is 5.35. The van der Waals surface area contributed by atoms with E-state index in [1.54, 1.807) is 11.3 Å². The highest BCUT2D eigenvalue weighted by Crippen LogP contribution is 2.40. The number of nitrogens with zero attached hydrogens (tertiary/aromatic N) is 5. The third-order valence-electron chi connectivity index (χ3n) is 12.4. The molecule has 0 N–H and O–H groups in total. The van der Waals surface area contributed by atoms with Gasteiger partial charge in [-0.05, 0) is 101 Å². The van der Waals surface area contributed by atoms with Crippen molar-refractivity contribution in [2.45, 2.75) is 0 Å². The molecule has 5 nitrogen and oxygen atoms in total. The molecule has 6 aromatic heterocycles. The number of para-hydroxylation sites is 2. The van der Waals surface area contributed by atoms with Gasteiger partial charge in [0, 0.05) is 49.0 Å². The highest BCUT2D eigenvalue weighted by atomic mass is 32.1. The second-order valence-electron chi connectivity index (χ2n) is 16.0. The smallest absolute Gasteiger partial charge is 0.138 e. The van der Waals surface area contributed by atoms with E-state index in [2.05, 4.69) is 209 Å². The average molecular weight is 822 g/mol. The van der Waals surface area contributed by atoms with Crippen LogP contribution in [0.25, 0.3) is 120 Å². The van der Waals surface area contributed by atoms with Crippen LogP contribution in [-0.4, -0.2) is 24.1 Å². The Bertz CT molecular complexity index is 3860. The Morgan fingerprint density at radius 1 is 0.317 bits per heavy atom. The Morgan fingerprint density at radius 3 is 1.78 bits per heavy atom. The van der Waals surface area contributed by atoms with E-state index in [0.29, 0.717) is 0 Å². The molecule has 6 heterocycles. The number of rotatable bonds is 6. The van der Waals surface area contributed by atoms with Gasteiger partial charge in [0.1, 0.15) is 11.6 Å². The molecule has 0 aliphatic heterocycles. The van der Waals surface area contributed by atoms with Crippen molar-refractivity contribution in [2.24, 2.45) is 0 Å². The molecule has 0 amide bonds. The predicted octanol–water partition coefficient (Wildman–Crippen LogP) is 15.1. The third kappa shape index (κ3) is 5.80. The van der Waals surface area contributed by atoms with Gasteiger partial charge in [-0.3, -0.25) is 14.1 Å². The first kappa shape index (κ1) is 35.6. The number of aromatic nitrogens is 5. The third-order valence-corrected chi connectivity index (χ3v) is 13.5. The molecule has 0 spiro atoms. The van der Waals surface area contributed by atoms with Crippen molar-refractivity contribution in [3.05, 3.63) is 212 Å². The largest absolute Gasteiger partial charge is 0.294 e. The Hall–Kier alpha value is -8.19. The highest BCUT2D eigenvalue weighted by molar-refractivity contribution is 7.25. The van der Waals surface area contributed by atoms with Gasteiger partial charge in [-0.25, -0.2) is 9.97 Å². The summed E-state index contributed by atoms with van der Waals surface area (Å²) in [5.41, 5.74) is 14.1. The molecule has 13 aromatic rings. The summed E-state index contributed by atoms with van der Waals surface area (Å²) in [4.78, 5) is 15.4. The van der Waals surface area contributed by atoms with E-state index in [4.69, 9.17) is 15.0 Å². The molecule has 6 heteroatoms. The summed E-state index contributed by atoms with van der Waals surface area (Å²) >= 11 is 1.78. The number of fused-ring (bicyclic) bond motifs is 9. The van der Waals surface area contributed by atoms with E-state index >= 15 is 0 Å². The number of hydrogen-bond acceptors (Lipinski definition) is 4. The van der Waals surface area contributed by atoms with Crippen molar-refractivity contribution in [2.75, 3.05) is 0 Å². The first-order valence-corrected chi connectivity index (χ1v) is 22.0. The fourth-order valence-corrected chi connectivity index (χ4v) is 10.5. The van der Waals surface area contributed by atoms with Gasteiger partial charge >= 0.3 is 0 Å². The molecule has 0 unspecified atom stereocenters. The minimum absolute atomic E-state index is 0.878. The fraction of sp³-hybridized carbons (Fsp3) is 0. The molecule has 0 bridgehead atoms. The van der Waals surface area contributed by atoms with Crippen LogP contribution in [0.3, 0.4) is 0 Å². The molecule has 0 aliphatic rings. The van der Waals surface area contributed by atoms with Crippen LogP contribution >= 0.6 is 11.3 Å². The van der Waals surface area contributed by atoms with Crippen LogP contribution in [0.2, 0.25) is 0 Å². The highest BCUT2D eigenvalue weighted by Gasteiger charge is 2.19. The fourth-order valence-electron chi connectivity index (χ4n) is 9.45. The maximum atomic E-state index is 5.35. The number of hydrogen-bond donors (Lipinski definition) is 0. The molecule has 0 saturated carbocycles. The molecular formula is C57H35N5S. The van der Waals surface area contributed by atoms with E-state index in [1.165, 1.54) is 30.9 Å². The Balaban J connectivity index is 0.961. The van der Waals surface area contributed by atoms with Gasteiger partial charge in [-0.15, -0.1) is 11.3 Å². The summed E-state index contributed by atoms with van der Waals surface area (Å²) < 4.78 is 7.06. The van der Waals surface area contributed by atoms with Crippen LogP contribution in [0.1, 0.15) is 0 Å². The Morgan fingerprint density at radius 2 is 0.952 bits per heavy atom. The second-order valence-corrected chi connectivity index (χ2v) is 17.1. The summed E-state index contributed by atoms with van der Waals surface area (Å²) in [6, 6.07) is 73.6. The lowest BCUT2D eigenvalue weighted by atomic mass is 10.0. The van der Waals surface area contributed by atoms with Crippen molar-refractivity contribution >= 4 is 75.3 Å². The first-order chi connectivity index (χ1) is 31.2. The van der Waals surface area contributed by atoms with Crippen LogP contribution in [0.5, 0.6) is 0 Å². The molecule has 0 saturated heterocycles. The van der Waals surface area contributed by atoms with Gasteiger partial charge in [0.05, 0.1) is 43.7 Å². The Labute approximate surface area is 366 Å². The second kappa shape index (κ2) is 14.2. The lowest BCUT2D eigenvalue weighted by Crippen LogP contribution is -2.00. The minimum atomic E-state index is 0.878. The van der Waals surface area contributed by atoms with Gasteiger partial charge in [-0.2, -0.15) is 0 Å². The zero-order valence-electron chi connectivity index (χ0n) is 33.9. The van der Waals surface area contributed by atoms with Crippen molar-refractivity contribution < 1.29 is 0 Å². The molecule has 63 heavy (non-hydrogen) atoms. The van der Waals surface area contributed by atoms with Crippen molar-refractivity contribution in [1.29, 1.82) is 0 Å². The lowest BCUT2D eigenvalue weighted by Gasteiger charge is -2.13. The number of thiophene rings is 1. The van der Waals surface area contributed by atoms with E-state index in [-0.39, 0.29) is 0 Å². The standard InChI is InChI=1S/C57H35N5S/c1-3-13-36(14-4-1)41-33-48(37-15-5-2-6-16-37)60-56(35-41)61-50-21-10-8-18-43(50)45-31-38(25-28-51(45)61)39-24-27-44-42-17-7-9-20-49(42)62(52(44)34-39)55-23-11-19-47(59-55)40-26-29-53-46(32-40)57-54(63-53)22-12-30-58-57/h1-35H. The van der Waals surface area contributed by atoms with Crippen LogP contribution in [0.15, 0.2) is 212 Å². The monoisotopic (exact) mass is 821 g/mol. The van der Waals surface area contributed by atoms with E-state index in [9.17, 15) is 0 Å². The summed E-state index contributed by atoms with van der Waals surface area (Å²) in [6.45, 7) is 0. The van der Waals surface area contributed by atoms with Gasteiger partial charge in [0.15, 0.2) is 0 Å². The average Bonchev–Trinajstić information content (AvgIpc) is 4.01. The lowest BCUT2D eigenvalue weighted by molar-refractivity contribution is 1.08. The van der Waals surface area contributed by atoms with Crippen molar-refractivity contribution in [3.63, 3.8) is 0 Å². The van der Waals surface area contributed by atoms with Gasteiger partial charge in [0.25, 0.3) is 0 Å². The van der Waals surface area contributed by atoms with Crippen molar-refractivity contribution in [3.8, 4) is 56.4 Å². The normalized spacial score (nSPS) is 11.8. The van der Waals surface area contributed by atoms with Crippen LogP contribution in [0, 0.1) is 0 Å². The number of benzene rings is 7. The molecule has 0 atom stereocenters. The molecule has 0 fully saturated rings. The quantitative estimate of drug-likeness (QED) is 0.168. The summed E-state index contributed by atoms with van der Waals surface area (Å²) in [7, 11) is 0. The van der Waals surface area contributed by atoms with Crippen LogP contribution in [0.4, 0.5) is 0 Å². The van der Waals surface area contributed by atoms with Crippen molar-refractivity contribution in [1.82, 2.24) is 24.1 Å². The summed E-state index contributed by atoms with van der Waals surface area (Å²) in [5.74, 6) is 1.76. The van der Waals surface area contributed by atoms with E-state index < -0.39 is 0 Å². The van der Waals surface area contributed by atoms with E-state index in [1.807, 2.05) is 12.3 Å². The Kier molecular flexibility index (Phi) is 8.01. The molecule has 13 rings (SSSR count). The van der Waals surface area contributed by atoms with Crippen LogP contribution in [-0.2, 0) is 0 Å². The molecule has 294 valence electrons. The SMILES string of the molecule is c1ccc(-c2cc(-c3ccccc3)nc(-n3c4ccccc4c4cc(-c5ccc6c7ccccc7n(-c7cccc(-c8ccc9sc%10cccnc%10c9c8)n7)c6c5)ccc43)c2)cc1. The summed E-state index contributed by atoms with van der Waals surface area (Å²) in [5, 5.41) is 5.91. The molecule has 7 aromatic carbocycles. The topological polar surface area (TPSA) is 48.5 Å². The zero-order valence-corrected chi connectivity index (χ0v) is 34.7. The first-order valence-electron chi connectivity index (χ1n) is 21.2. The number of pyridine rings is 3.